The molecule has 1 aromatic heterocycles. The third kappa shape index (κ3) is 5.21. The van der Waals surface area contributed by atoms with Crippen LogP contribution in [0.3, 0.4) is 0 Å². The first kappa shape index (κ1) is 27.1. The van der Waals surface area contributed by atoms with Crippen molar-refractivity contribution in [2.45, 2.75) is 19.6 Å². The number of hydrogen-bond donors (Lipinski definition) is 1. The Balaban J connectivity index is 1.54. The van der Waals surface area contributed by atoms with E-state index in [4.69, 9.17) is 21.1 Å². The molecule has 3 aromatic carbocycles. The summed E-state index contributed by atoms with van der Waals surface area (Å²) in [7, 11) is 1.25. The minimum absolute atomic E-state index is 0.113. The van der Waals surface area contributed by atoms with Gasteiger partial charge in [-0.1, -0.05) is 65.4 Å². The van der Waals surface area contributed by atoms with Crippen LogP contribution in [0.25, 0.3) is 5.76 Å². The lowest BCUT2D eigenvalue weighted by atomic mass is 9.95. The van der Waals surface area contributed by atoms with Gasteiger partial charge in [0.05, 0.1) is 24.4 Å². The second kappa shape index (κ2) is 11.3. The molecule has 0 radical (unpaired) electrons. The van der Waals surface area contributed by atoms with Gasteiger partial charge in [-0.05, 0) is 54.4 Å². The molecule has 202 valence electrons. The maximum absolute atomic E-state index is 13.4. The van der Waals surface area contributed by atoms with E-state index in [-0.39, 0.29) is 21.3 Å². The number of carbonyl (C=O) groups excluding carboxylic acids is 3. The molecule has 1 atom stereocenters. The highest BCUT2D eigenvalue weighted by Gasteiger charge is 2.48. The number of Topliss-reactive ketones (excluding diaryl/α,β-unsaturated/α-hetero) is 1. The predicted octanol–water partition coefficient (Wildman–Crippen LogP) is 6.10. The number of aliphatic hydroxyl groups excluding tert-OH is 1. The number of amides is 1. The lowest BCUT2D eigenvalue weighted by Gasteiger charge is -2.23. The lowest BCUT2D eigenvalue weighted by Crippen LogP contribution is -2.29. The van der Waals surface area contributed by atoms with E-state index in [2.05, 4.69) is 4.98 Å². The number of benzene rings is 3. The Morgan fingerprint density at radius 2 is 1.70 bits per heavy atom. The number of esters is 1. The number of nitrogens with zero attached hydrogens (tertiary/aromatic N) is 2. The second-order valence-electron chi connectivity index (χ2n) is 8.92. The van der Waals surface area contributed by atoms with Crippen LogP contribution in [-0.4, -0.2) is 34.9 Å². The van der Waals surface area contributed by atoms with Crippen LogP contribution in [0, 0.1) is 6.92 Å². The number of halogens is 1. The van der Waals surface area contributed by atoms with Gasteiger partial charge in [0.25, 0.3) is 5.78 Å². The van der Waals surface area contributed by atoms with Crippen molar-refractivity contribution in [2.75, 3.05) is 12.0 Å². The molecule has 1 N–H and O–H groups in total. The number of thiazole rings is 1. The summed E-state index contributed by atoms with van der Waals surface area (Å²) in [6.45, 7) is 1.98. The first-order chi connectivity index (χ1) is 19.3. The van der Waals surface area contributed by atoms with Crippen molar-refractivity contribution in [3.05, 3.63) is 117 Å². The van der Waals surface area contributed by atoms with Crippen LogP contribution in [-0.2, 0) is 20.9 Å². The Morgan fingerprint density at radius 1 is 1.02 bits per heavy atom. The number of ether oxygens (including phenoxy) is 2. The fraction of sp³-hybridized carbons (Fsp3) is 0.133. The zero-order valence-corrected chi connectivity index (χ0v) is 23.0. The number of hydrogen-bond acceptors (Lipinski definition) is 8. The van der Waals surface area contributed by atoms with Gasteiger partial charge < -0.3 is 14.6 Å². The summed E-state index contributed by atoms with van der Waals surface area (Å²) >= 11 is 7.03. The Kier molecular flexibility index (Phi) is 7.68. The molecule has 1 fully saturated rings. The average molecular weight is 575 g/mol. The van der Waals surface area contributed by atoms with E-state index in [0.29, 0.717) is 34.2 Å². The molecule has 1 saturated heterocycles. The minimum atomic E-state index is -1.01. The third-order valence-corrected chi connectivity index (χ3v) is 7.76. The molecule has 10 heteroatoms. The smallest absolute Gasteiger partial charge is 0.350 e. The van der Waals surface area contributed by atoms with Crippen LogP contribution in [0.5, 0.6) is 5.75 Å². The summed E-state index contributed by atoms with van der Waals surface area (Å²) in [4.78, 5) is 44.8. The van der Waals surface area contributed by atoms with Gasteiger partial charge >= 0.3 is 11.9 Å². The van der Waals surface area contributed by atoms with E-state index < -0.39 is 23.7 Å². The van der Waals surface area contributed by atoms with Gasteiger partial charge in [0.1, 0.15) is 23.0 Å². The minimum Gasteiger partial charge on any atom is -0.507 e. The van der Waals surface area contributed by atoms with Gasteiger partial charge in [-0.3, -0.25) is 14.5 Å². The Hall–Kier alpha value is -4.47. The Bertz CT molecular complexity index is 1610. The summed E-state index contributed by atoms with van der Waals surface area (Å²) in [6, 6.07) is 21.9. The van der Waals surface area contributed by atoms with E-state index in [9.17, 15) is 19.5 Å². The summed E-state index contributed by atoms with van der Waals surface area (Å²) in [6.07, 6.45) is 0. The van der Waals surface area contributed by atoms with Gasteiger partial charge in [0, 0.05) is 10.6 Å². The largest absolute Gasteiger partial charge is 0.507 e. The molecule has 5 rings (SSSR count). The van der Waals surface area contributed by atoms with Crippen molar-refractivity contribution < 1.29 is 29.0 Å². The monoisotopic (exact) mass is 574 g/mol. The zero-order chi connectivity index (χ0) is 28.4. The first-order valence-electron chi connectivity index (χ1n) is 12.2. The summed E-state index contributed by atoms with van der Waals surface area (Å²) in [5, 5.41) is 12.0. The van der Waals surface area contributed by atoms with E-state index in [1.54, 1.807) is 55.5 Å². The lowest BCUT2D eigenvalue weighted by molar-refractivity contribution is -0.132. The Morgan fingerprint density at radius 3 is 2.35 bits per heavy atom. The highest BCUT2D eigenvalue weighted by Crippen LogP contribution is 2.44. The SMILES string of the molecule is COC(=O)c1sc(N2C(=O)C(=O)/C(=C(/O)c3ccc(OCc4ccccc4)cc3)C2c2ccc(Cl)cc2)nc1C. The van der Waals surface area contributed by atoms with Gasteiger partial charge in [-0.25, -0.2) is 9.78 Å². The number of aromatic nitrogens is 1. The van der Waals surface area contributed by atoms with Gasteiger partial charge in [-0.15, -0.1) is 0 Å². The van der Waals surface area contributed by atoms with Crippen LogP contribution in [0.4, 0.5) is 5.13 Å². The van der Waals surface area contributed by atoms with Crippen LogP contribution < -0.4 is 9.64 Å². The summed E-state index contributed by atoms with van der Waals surface area (Å²) in [5.74, 6) is -2.14. The van der Waals surface area contributed by atoms with Crippen LogP contribution in [0.15, 0.2) is 84.4 Å². The van der Waals surface area contributed by atoms with Gasteiger partial charge in [0.15, 0.2) is 5.13 Å². The third-order valence-electron chi connectivity index (χ3n) is 6.37. The quantitative estimate of drug-likeness (QED) is 0.123. The molecule has 1 amide bonds. The molecule has 4 aromatic rings. The number of methoxy groups -OCH3 is 1. The van der Waals surface area contributed by atoms with E-state index in [0.717, 1.165) is 16.9 Å². The maximum Gasteiger partial charge on any atom is 0.350 e. The molecule has 0 saturated carbocycles. The van der Waals surface area contributed by atoms with Crippen molar-refractivity contribution in [3.63, 3.8) is 0 Å². The van der Waals surface area contributed by atoms with Crippen molar-refractivity contribution in [2.24, 2.45) is 0 Å². The van der Waals surface area contributed by atoms with E-state index in [1.165, 1.54) is 12.0 Å². The predicted molar refractivity (Wildman–Crippen MR) is 152 cm³/mol. The first-order valence-corrected chi connectivity index (χ1v) is 13.4. The molecule has 1 unspecified atom stereocenters. The second-order valence-corrected chi connectivity index (χ2v) is 10.3. The Labute approximate surface area is 239 Å². The summed E-state index contributed by atoms with van der Waals surface area (Å²) < 4.78 is 10.6. The highest BCUT2D eigenvalue weighted by molar-refractivity contribution is 7.17. The number of aryl methyl sites for hydroxylation is 1. The van der Waals surface area contributed by atoms with Crippen molar-refractivity contribution in [3.8, 4) is 5.75 Å². The van der Waals surface area contributed by atoms with Gasteiger partial charge in [-0.2, -0.15) is 0 Å². The summed E-state index contributed by atoms with van der Waals surface area (Å²) in [5.41, 5.74) is 2.10. The molecule has 0 spiro atoms. The molecular weight excluding hydrogens is 552 g/mol. The molecule has 1 aliphatic rings. The molecule has 0 aliphatic carbocycles. The van der Waals surface area contributed by atoms with Crippen molar-refractivity contribution in [1.82, 2.24) is 4.98 Å². The van der Waals surface area contributed by atoms with E-state index >= 15 is 0 Å². The van der Waals surface area contributed by atoms with E-state index in [1.807, 2.05) is 30.3 Å². The average Bonchev–Trinajstić information content (AvgIpc) is 3.48. The molecular formula is C30H23ClN2O6S. The van der Waals surface area contributed by atoms with Crippen LogP contribution in [0.1, 0.15) is 38.1 Å². The highest BCUT2D eigenvalue weighted by atomic mass is 35.5. The number of rotatable bonds is 7. The molecule has 0 bridgehead atoms. The molecule has 8 nitrogen and oxygen atoms in total. The molecule has 1 aliphatic heterocycles. The van der Waals surface area contributed by atoms with Crippen LogP contribution >= 0.6 is 22.9 Å². The molecule has 40 heavy (non-hydrogen) atoms. The zero-order valence-electron chi connectivity index (χ0n) is 21.5. The number of carbonyl (C=O) groups is 3. The van der Waals surface area contributed by atoms with Crippen molar-refractivity contribution >= 4 is 51.5 Å². The topological polar surface area (TPSA) is 106 Å². The number of anilines is 1. The normalized spacial score (nSPS) is 16.3. The van der Waals surface area contributed by atoms with Gasteiger partial charge in [0.2, 0.25) is 0 Å². The molecule has 2 heterocycles. The fourth-order valence-corrected chi connectivity index (χ4v) is 5.50. The van der Waals surface area contributed by atoms with Crippen LogP contribution in [0.2, 0.25) is 5.02 Å². The maximum atomic E-state index is 13.4. The fourth-order valence-electron chi connectivity index (χ4n) is 4.36. The van der Waals surface area contributed by atoms with Crippen molar-refractivity contribution in [1.29, 1.82) is 0 Å². The standard InChI is InChI=1S/C30H23ClN2O6S/c1-17-27(29(37)38-2)40-30(32-17)33-24(19-8-12-21(31)13-9-19)23(26(35)28(33)36)25(34)20-10-14-22(15-11-20)39-16-18-6-4-3-5-7-18/h3-15,24,34H,16H2,1-2H3/b25-23+. The number of ketones is 1. The number of aliphatic hydroxyl groups is 1.